The van der Waals surface area contributed by atoms with Crippen molar-refractivity contribution in [1.29, 1.82) is 0 Å². The van der Waals surface area contributed by atoms with Gasteiger partial charge in [0.2, 0.25) is 5.76 Å². The maximum absolute atomic E-state index is 13.2. The molecule has 0 amide bonds. The van der Waals surface area contributed by atoms with Crippen LogP contribution >= 0.6 is 11.8 Å². The standard InChI is InChI=1S/C21H18FN3O3S/c1-3-27-20(26)18-16(15-6-4-5-7-17(15)28-18)12-29-21-24-23-19(25(21)2)13-8-10-14(22)11-9-13/h4-11H,3,12H2,1-2H3. The van der Waals surface area contributed by atoms with E-state index in [1.165, 1.54) is 23.9 Å². The van der Waals surface area contributed by atoms with E-state index in [4.69, 9.17) is 9.15 Å². The highest BCUT2D eigenvalue weighted by molar-refractivity contribution is 7.98. The molecule has 2 aromatic carbocycles. The van der Waals surface area contributed by atoms with Gasteiger partial charge in [0.25, 0.3) is 0 Å². The Balaban J connectivity index is 1.63. The molecule has 0 saturated carbocycles. The minimum absolute atomic E-state index is 0.210. The summed E-state index contributed by atoms with van der Waals surface area (Å²) in [5, 5.41) is 10.00. The lowest BCUT2D eigenvalue weighted by Crippen LogP contribution is -2.06. The Morgan fingerprint density at radius 2 is 1.93 bits per heavy atom. The number of nitrogens with zero attached hydrogens (tertiary/aromatic N) is 3. The van der Waals surface area contributed by atoms with Gasteiger partial charge in [-0.05, 0) is 37.3 Å². The van der Waals surface area contributed by atoms with Gasteiger partial charge in [0.05, 0.1) is 6.61 Å². The van der Waals surface area contributed by atoms with E-state index in [9.17, 15) is 9.18 Å². The highest BCUT2D eigenvalue weighted by Crippen LogP contribution is 2.32. The second-order valence-electron chi connectivity index (χ2n) is 6.29. The Hall–Kier alpha value is -3.13. The molecule has 0 aliphatic heterocycles. The average Bonchev–Trinajstić information content (AvgIpc) is 3.28. The van der Waals surface area contributed by atoms with Gasteiger partial charge in [0, 0.05) is 29.3 Å². The number of halogens is 1. The average molecular weight is 411 g/mol. The number of furan rings is 1. The van der Waals surface area contributed by atoms with Crippen molar-refractivity contribution in [3.8, 4) is 11.4 Å². The first-order valence-electron chi connectivity index (χ1n) is 9.04. The molecule has 6 nitrogen and oxygen atoms in total. The van der Waals surface area contributed by atoms with Crippen LogP contribution in [0.4, 0.5) is 4.39 Å². The second-order valence-corrected chi connectivity index (χ2v) is 7.23. The molecule has 0 N–H and O–H groups in total. The van der Waals surface area contributed by atoms with Crippen LogP contribution in [0.5, 0.6) is 0 Å². The summed E-state index contributed by atoms with van der Waals surface area (Å²) in [4.78, 5) is 12.3. The van der Waals surface area contributed by atoms with Gasteiger partial charge in [-0.15, -0.1) is 10.2 Å². The van der Waals surface area contributed by atoms with Crippen LogP contribution < -0.4 is 0 Å². The third kappa shape index (κ3) is 3.75. The summed E-state index contributed by atoms with van der Waals surface area (Å²) in [7, 11) is 1.85. The minimum atomic E-state index is -0.482. The van der Waals surface area contributed by atoms with Crippen molar-refractivity contribution in [2.75, 3.05) is 6.61 Å². The quantitative estimate of drug-likeness (QED) is 0.334. The molecule has 148 valence electrons. The van der Waals surface area contributed by atoms with Crippen LogP contribution in [-0.4, -0.2) is 27.3 Å². The predicted octanol–water partition coefficient (Wildman–Crippen LogP) is 4.84. The van der Waals surface area contributed by atoms with Crippen LogP contribution in [0, 0.1) is 5.82 Å². The number of thioether (sulfide) groups is 1. The van der Waals surface area contributed by atoms with Crippen molar-refractivity contribution in [3.63, 3.8) is 0 Å². The molecule has 0 spiro atoms. The van der Waals surface area contributed by atoms with Gasteiger partial charge in [-0.1, -0.05) is 30.0 Å². The van der Waals surface area contributed by atoms with Gasteiger partial charge >= 0.3 is 5.97 Å². The largest absolute Gasteiger partial charge is 0.460 e. The summed E-state index contributed by atoms with van der Waals surface area (Å²) in [6, 6.07) is 13.6. The molecule has 2 heterocycles. The summed E-state index contributed by atoms with van der Waals surface area (Å²) in [5.74, 6) is 0.519. The van der Waals surface area contributed by atoms with Crippen molar-refractivity contribution in [1.82, 2.24) is 14.8 Å². The molecule has 0 atom stereocenters. The molecular weight excluding hydrogens is 393 g/mol. The van der Waals surface area contributed by atoms with Crippen molar-refractivity contribution < 1.29 is 18.3 Å². The Morgan fingerprint density at radius 1 is 1.17 bits per heavy atom. The van der Waals surface area contributed by atoms with Gasteiger partial charge in [0.1, 0.15) is 11.4 Å². The molecule has 0 saturated heterocycles. The molecule has 4 aromatic rings. The highest BCUT2D eigenvalue weighted by Gasteiger charge is 2.22. The summed E-state index contributed by atoms with van der Waals surface area (Å²) in [6.45, 7) is 2.03. The molecule has 0 unspecified atom stereocenters. The second kappa shape index (κ2) is 8.08. The normalized spacial score (nSPS) is 11.1. The zero-order valence-corrected chi connectivity index (χ0v) is 16.7. The third-order valence-electron chi connectivity index (χ3n) is 4.44. The number of benzene rings is 2. The van der Waals surface area contributed by atoms with Crippen LogP contribution in [0.3, 0.4) is 0 Å². The predicted molar refractivity (Wildman–Crippen MR) is 108 cm³/mol. The third-order valence-corrected chi connectivity index (χ3v) is 5.49. The lowest BCUT2D eigenvalue weighted by atomic mass is 10.1. The van der Waals surface area contributed by atoms with E-state index >= 15 is 0 Å². The molecule has 0 aliphatic rings. The molecule has 0 bridgehead atoms. The minimum Gasteiger partial charge on any atom is -0.460 e. The first-order valence-corrected chi connectivity index (χ1v) is 10.0. The zero-order chi connectivity index (χ0) is 20.4. The first-order chi connectivity index (χ1) is 14.1. The molecule has 2 aromatic heterocycles. The molecule has 4 rings (SSSR count). The number of carbonyl (C=O) groups is 1. The number of carbonyl (C=O) groups excluding carboxylic acids is 1. The number of rotatable bonds is 6. The van der Waals surface area contributed by atoms with Crippen LogP contribution in [0.1, 0.15) is 23.0 Å². The van der Waals surface area contributed by atoms with E-state index in [-0.39, 0.29) is 18.2 Å². The fourth-order valence-electron chi connectivity index (χ4n) is 3.03. The number of ether oxygens (including phenoxy) is 1. The monoisotopic (exact) mass is 411 g/mol. The molecule has 0 aliphatic carbocycles. The van der Waals surface area contributed by atoms with Gasteiger partial charge in [0.15, 0.2) is 11.0 Å². The Bertz CT molecular complexity index is 1170. The summed E-state index contributed by atoms with van der Waals surface area (Å²) in [6.07, 6.45) is 0. The van der Waals surface area contributed by atoms with E-state index in [0.29, 0.717) is 22.3 Å². The number of fused-ring (bicyclic) bond motifs is 1. The van der Waals surface area contributed by atoms with Crippen LogP contribution in [0.15, 0.2) is 58.1 Å². The van der Waals surface area contributed by atoms with E-state index in [1.807, 2.05) is 35.9 Å². The van der Waals surface area contributed by atoms with Gasteiger partial charge in [-0.3, -0.25) is 0 Å². The topological polar surface area (TPSA) is 70.2 Å². The van der Waals surface area contributed by atoms with Crippen molar-refractivity contribution in [3.05, 3.63) is 65.7 Å². The van der Waals surface area contributed by atoms with E-state index < -0.39 is 5.97 Å². The maximum Gasteiger partial charge on any atom is 0.374 e. The summed E-state index contributed by atoms with van der Waals surface area (Å²) >= 11 is 1.44. The smallest absolute Gasteiger partial charge is 0.374 e. The lowest BCUT2D eigenvalue weighted by Gasteiger charge is -2.05. The van der Waals surface area contributed by atoms with Gasteiger partial charge in [-0.25, -0.2) is 9.18 Å². The fraction of sp³-hybridized carbons (Fsp3) is 0.190. The van der Waals surface area contributed by atoms with E-state index in [2.05, 4.69) is 10.2 Å². The SMILES string of the molecule is CCOC(=O)c1oc2ccccc2c1CSc1nnc(-c2ccc(F)cc2)n1C. The number of para-hydroxylation sites is 1. The molecule has 0 radical (unpaired) electrons. The van der Waals surface area contributed by atoms with E-state index in [1.54, 1.807) is 19.1 Å². The Kier molecular flexibility index (Phi) is 5.35. The first kappa shape index (κ1) is 19.2. The van der Waals surface area contributed by atoms with Crippen molar-refractivity contribution in [2.45, 2.75) is 17.8 Å². The molecule has 0 fully saturated rings. The molecular formula is C21H18FN3O3S. The number of hydrogen-bond acceptors (Lipinski definition) is 6. The lowest BCUT2D eigenvalue weighted by molar-refractivity contribution is 0.0491. The molecule has 8 heteroatoms. The summed E-state index contributed by atoms with van der Waals surface area (Å²) in [5.41, 5.74) is 2.17. The summed E-state index contributed by atoms with van der Waals surface area (Å²) < 4.78 is 25.9. The van der Waals surface area contributed by atoms with Gasteiger partial charge in [-0.2, -0.15) is 0 Å². The number of esters is 1. The van der Waals surface area contributed by atoms with Crippen LogP contribution in [-0.2, 0) is 17.5 Å². The van der Waals surface area contributed by atoms with Gasteiger partial charge < -0.3 is 13.7 Å². The van der Waals surface area contributed by atoms with Crippen molar-refractivity contribution in [2.24, 2.45) is 7.05 Å². The Morgan fingerprint density at radius 3 is 2.69 bits per heavy atom. The maximum atomic E-state index is 13.2. The van der Waals surface area contributed by atoms with Crippen LogP contribution in [0.2, 0.25) is 0 Å². The molecule has 29 heavy (non-hydrogen) atoms. The van der Waals surface area contributed by atoms with Crippen LogP contribution in [0.25, 0.3) is 22.4 Å². The zero-order valence-electron chi connectivity index (χ0n) is 15.9. The highest BCUT2D eigenvalue weighted by atomic mass is 32.2. The van der Waals surface area contributed by atoms with Crippen molar-refractivity contribution >= 4 is 28.7 Å². The fourth-order valence-corrected chi connectivity index (χ4v) is 3.97. The van der Waals surface area contributed by atoms with E-state index in [0.717, 1.165) is 16.5 Å². The number of hydrogen-bond donors (Lipinski definition) is 0. The Labute approximate surface area is 170 Å². The number of aromatic nitrogens is 3.